The lowest BCUT2D eigenvalue weighted by Gasteiger charge is -2.16. The lowest BCUT2D eigenvalue weighted by molar-refractivity contribution is 0.627. The number of nitrogens with zero attached hydrogens (tertiary/aromatic N) is 1. The van der Waals surface area contributed by atoms with Gasteiger partial charge in [0.1, 0.15) is 5.82 Å². The van der Waals surface area contributed by atoms with Gasteiger partial charge in [0.25, 0.3) is 0 Å². The molecule has 1 nitrogen and oxygen atoms in total. The fourth-order valence-electron chi connectivity index (χ4n) is 2.25. The van der Waals surface area contributed by atoms with Crippen LogP contribution in [-0.4, -0.2) is 4.98 Å². The highest BCUT2D eigenvalue weighted by Gasteiger charge is 2.14. The third kappa shape index (κ3) is 1.86. The van der Waals surface area contributed by atoms with Crippen molar-refractivity contribution in [1.29, 1.82) is 0 Å². The Morgan fingerprint density at radius 3 is 2.71 bits per heavy atom. The summed E-state index contributed by atoms with van der Waals surface area (Å²) in [5.41, 5.74) is 4.53. The molecule has 3 rings (SSSR count). The maximum absolute atomic E-state index is 12.9. The smallest absolute Gasteiger partial charge is 0.123 e. The Bertz CT molecular complexity index is 570. The van der Waals surface area contributed by atoms with Crippen molar-refractivity contribution in [2.45, 2.75) is 12.8 Å². The molecule has 1 aromatic carbocycles. The maximum atomic E-state index is 12.9. The number of benzene rings is 1. The number of allylic oxidation sites excluding steroid dienone is 1. The molecular weight excluding hydrogens is 213 g/mol. The second-order valence-corrected chi connectivity index (χ2v) is 4.16. The summed E-state index contributed by atoms with van der Waals surface area (Å²) < 4.78 is 12.9. The normalized spacial score (nSPS) is 14.1. The summed E-state index contributed by atoms with van der Waals surface area (Å²) in [6, 6.07) is 10.7. The lowest BCUT2D eigenvalue weighted by atomic mass is 9.90. The zero-order valence-electron chi connectivity index (χ0n) is 9.36. The molecule has 0 amide bonds. The third-order valence-corrected chi connectivity index (χ3v) is 3.07. The van der Waals surface area contributed by atoms with Crippen LogP contribution in [0.2, 0.25) is 0 Å². The van der Waals surface area contributed by atoms with Crippen LogP contribution in [0.4, 0.5) is 4.39 Å². The van der Waals surface area contributed by atoms with Gasteiger partial charge in [-0.05, 0) is 42.2 Å². The van der Waals surface area contributed by atoms with Gasteiger partial charge in [-0.3, -0.25) is 4.98 Å². The molecule has 0 saturated carbocycles. The van der Waals surface area contributed by atoms with Crippen LogP contribution >= 0.6 is 0 Å². The van der Waals surface area contributed by atoms with E-state index in [9.17, 15) is 4.39 Å². The number of pyridine rings is 1. The van der Waals surface area contributed by atoms with Crippen molar-refractivity contribution >= 4 is 5.57 Å². The molecule has 0 fully saturated rings. The number of aryl methyl sites for hydroxylation is 1. The van der Waals surface area contributed by atoms with Crippen LogP contribution in [-0.2, 0) is 6.42 Å². The van der Waals surface area contributed by atoms with E-state index in [0.717, 1.165) is 24.1 Å². The zero-order valence-corrected chi connectivity index (χ0v) is 9.36. The van der Waals surface area contributed by atoms with Gasteiger partial charge in [-0.25, -0.2) is 4.39 Å². The van der Waals surface area contributed by atoms with Crippen LogP contribution in [0.5, 0.6) is 0 Å². The van der Waals surface area contributed by atoms with Crippen molar-refractivity contribution in [1.82, 2.24) is 4.98 Å². The van der Waals surface area contributed by atoms with Crippen LogP contribution in [0.25, 0.3) is 5.57 Å². The standard InChI is InChI=1S/C15H12FN/c16-12-8-6-11(7-9-12)13-3-1-5-15-14(13)4-2-10-17-15/h2-4,6-10H,1,5H2. The van der Waals surface area contributed by atoms with Crippen molar-refractivity contribution in [2.75, 3.05) is 0 Å². The molecular formula is C15H12FN. The Hall–Kier alpha value is -1.96. The lowest BCUT2D eigenvalue weighted by Crippen LogP contribution is -2.03. The molecule has 1 aliphatic carbocycles. The minimum absolute atomic E-state index is 0.198. The van der Waals surface area contributed by atoms with Gasteiger partial charge in [0, 0.05) is 17.5 Å². The fraction of sp³-hybridized carbons (Fsp3) is 0.133. The first-order valence-corrected chi connectivity index (χ1v) is 5.75. The number of rotatable bonds is 1. The van der Waals surface area contributed by atoms with E-state index in [4.69, 9.17) is 0 Å². The summed E-state index contributed by atoms with van der Waals surface area (Å²) in [4.78, 5) is 4.40. The van der Waals surface area contributed by atoms with Crippen molar-refractivity contribution in [2.24, 2.45) is 0 Å². The van der Waals surface area contributed by atoms with Crippen LogP contribution in [0.1, 0.15) is 23.2 Å². The number of hydrogen-bond donors (Lipinski definition) is 0. The Morgan fingerprint density at radius 2 is 1.88 bits per heavy atom. The van der Waals surface area contributed by atoms with Gasteiger partial charge in [-0.1, -0.05) is 24.3 Å². The SMILES string of the molecule is Fc1ccc(C2=CCCc3ncccc32)cc1. The molecule has 0 aliphatic heterocycles. The topological polar surface area (TPSA) is 12.9 Å². The van der Waals surface area contributed by atoms with E-state index in [1.807, 2.05) is 24.4 Å². The predicted molar refractivity (Wildman–Crippen MR) is 66.0 cm³/mol. The van der Waals surface area contributed by atoms with Gasteiger partial charge in [0.15, 0.2) is 0 Å². The minimum Gasteiger partial charge on any atom is -0.261 e. The highest BCUT2D eigenvalue weighted by atomic mass is 19.1. The molecule has 1 heterocycles. The van der Waals surface area contributed by atoms with Gasteiger partial charge in [-0.2, -0.15) is 0 Å². The molecule has 84 valence electrons. The molecule has 17 heavy (non-hydrogen) atoms. The Kier molecular flexibility index (Phi) is 2.48. The zero-order chi connectivity index (χ0) is 11.7. The summed E-state index contributed by atoms with van der Waals surface area (Å²) in [5.74, 6) is -0.198. The van der Waals surface area contributed by atoms with Gasteiger partial charge in [-0.15, -0.1) is 0 Å². The van der Waals surface area contributed by atoms with Crippen molar-refractivity contribution < 1.29 is 4.39 Å². The Morgan fingerprint density at radius 1 is 1.06 bits per heavy atom. The predicted octanol–water partition coefficient (Wildman–Crippen LogP) is 3.60. The van der Waals surface area contributed by atoms with Gasteiger partial charge in [0.05, 0.1) is 0 Å². The molecule has 1 aliphatic rings. The third-order valence-electron chi connectivity index (χ3n) is 3.07. The number of halogens is 1. The molecule has 0 N–H and O–H groups in total. The summed E-state index contributed by atoms with van der Waals surface area (Å²) in [5, 5.41) is 0. The van der Waals surface area contributed by atoms with E-state index in [1.54, 1.807) is 0 Å². The molecule has 0 unspecified atom stereocenters. The Balaban J connectivity index is 2.09. The van der Waals surface area contributed by atoms with Gasteiger partial charge in [0.2, 0.25) is 0 Å². The summed E-state index contributed by atoms with van der Waals surface area (Å²) in [6.45, 7) is 0. The number of hydrogen-bond acceptors (Lipinski definition) is 1. The molecule has 2 aromatic rings. The van der Waals surface area contributed by atoms with Crippen molar-refractivity contribution in [3.05, 3.63) is 71.3 Å². The van der Waals surface area contributed by atoms with E-state index in [-0.39, 0.29) is 5.82 Å². The summed E-state index contributed by atoms with van der Waals surface area (Å²) >= 11 is 0. The summed E-state index contributed by atoms with van der Waals surface area (Å²) in [6.07, 6.45) is 6.02. The van der Waals surface area contributed by atoms with E-state index in [2.05, 4.69) is 17.1 Å². The fourth-order valence-corrected chi connectivity index (χ4v) is 2.25. The van der Waals surface area contributed by atoms with Crippen LogP contribution in [0.3, 0.4) is 0 Å². The van der Waals surface area contributed by atoms with E-state index in [1.165, 1.54) is 23.3 Å². The average Bonchev–Trinajstić information content (AvgIpc) is 2.39. The highest BCUT2D eigenvalue weighted by Crippen LogP contribution is 2.30. The number of fused-ring (bicyclic) bond motifs is 1. The minimum atomic E-state index is -0.198. The van der Waals surface area contributed by atoms with E-state index in [0.29, 0.717) is 0 Å². The molecule has 2 heteroatoms. The molecule has 0 spiro atoms. The first-order valence-electron chi connectivity index (χ1n) is 5.75. The van der Waals surface area contributed by atoms with E-state index < -0.39 is 0 Å². The second-order valence-electron chi connectivity index (χ2n) is 4.16. The van der Waals surface area contributed by atoms with Gasteiger partial charge >= 0.3 is 0 Å². The summed E-state index contributed by atoms with van der Waals surface area (Å²) in [7, 11) is 0. The van der Waals surface area contributed by atoms with Crippen LogP contribution in [0.15, 0.2) is 48.7 Å². The monoisotopic (exact) mass is 225 g/mol. The second kappa shape index (κ2) is 4.13. The van der Waals surface area contributed by atoms with E-state index >= 15 is 0 Å². The molecule has 0 atom stereocenters. The molecule has 1 aromatic heterocycles. The van der Waals surface area contributed by atoms with Gasteiger partial charge < -0.3 is 0 Å². The average molecular weight is 225 g/mol. The first kappa shape index (κ1) is 10.2. The number of aromatic nitrogens is 1. The first-order chi connectivity index (χ1) is 8.34. The maximum Gasteiger partial charge on any atom is 0.123 e. The van der Waals surface area contributed by atoms with Crippen molar-refractivity contribution in [3.63, 3.8) is 0 Å². The van der Waals surface area contributed by atoms with Crippen LogP contribution in [0, 0.1) is 5.82 Å². The quantitative estimate of drug-likeness (QED) is 0.722. The Labute approximate surface area is 99.6 Å². The molecule has 0 bridgehead atoms. The van der Waals surface area contributed by atoms with Crippen molar-refractivity contribution in [3.8, 4) is 0 Å². The largest absolute Gasteiger partial charge is 0.261 e. The molecule has 0 radical (unpaired) electrons. The molecule has 0 saturated heterocycles. The highest BCUT2D eigenvalue weighted by molar-refractivity contribution is 5.81. The van der Waals surface area contributed by atoms with Crippen LogP contribution < -0.4 is 0 Å².